The summed E-state index contributed by atoms with van der Waals surface area (Å²) in [5, 5.41) is 3.26. The zero-order valence-electron chi connectivity index (χ0n) is 13.3. The average Bonchev–Trinajstić information content (AvgIpc) is 3.20. The topological polar surface area (TPSA) is 24.6 Å². The van der Waals surface area contributed by atoms with Crippen molar-refractivity contribution in [1.29, 1.82) is 0 Å². The third-order valence-electron chi connectivity index (χ3n) is 4.09. The Morgan fingerprint density at radius 3 is 2.57 bits per heavy atom. The van der Waals surface area contributed by atoms with Gasteiger partial charge in [-0.3, -0.25) is 0 Å². The van der Waals surface area contributed by atoms with Crippen LogP contribution in [0.2, 0.25) is 0 Å². The predicted octanol–water partition coefficient (Wildman–Crippen LogP) is 3.89. The number of aryl methyl sites for hydroxylation is 1. The van der Waals surface area contributed by atoms with Crippen molar-refractivity contribution in [2.45, 2.75) is 32.0 Å². The van der Waals surface area contributed by atoms with E-state index in [4.69, 9.17) is 4.74 Å². The van der Waals surface area contributed by atoms with Crippen LogP contribution in [0.1, 0.15) is 24.5 Å². The number of hydrogen-bond acceptors (Lipinski definition) is 2. The quantitative estimate of drug-likeness (QED) is 0.606. The minimum atomic E-state index is -0.282. The van der Waals surface area contributed by atoms with Crippen LogP contribution in [0.15, 0.2) is 60.7 Å². The van der Waals surface area contributed by atoms with Crippen LogP contribution < -0.4 is 5.32 Å². The van der Waals surface area contributed by atoms with E-state index >= 15 is 0 Å². The van der Waals surface area contributed by atoms with Crippen LogP contribution in [-0.2, 0) is 10.3 Å². The van der Waals surface area contributed by atoms with E-state index in [1.54, 1.807) is 0 Å². The second kappa shape index (κ2) is 6.42. The standard InChI is InChI=1S/C19H25NO/c1-6-8-17(15(4)7-2)18-19(21-18,13-20-5)16-11-9-14(3)10-12-16/h6,8-12,18,20H,1,4,7,13H2,2-3,5H3/b17-8+. The highest BCUT2D eigenvalue weighted by Crippen LogP contribution is 2.51. The molecule has 1 N–H and O–H groups in total. The maximum absolute atomic E-state index is 6.17. The van der Waals surface area contributed by atoms with Gasteiger partial charge in [-0.05, 0) is 37.1 Å². The maximum atomic E-state index is 6.17. The minimum absolute atomic E-state index is 0.0538. The van der Waals surface area contributed by atoms with Gasteiger partial charge in [0.05, 0.1) is 0 Å². The van der Waals surface area contributed by atoms with Crippen LogP contribution in [0.25, 0.3) is 0 Å². The van der Waals surface area contributed by atoms with Gasteiger partial charge in [0.25, 0.3) is 0 Å². The zero-order chi connectivity index (χ0) is 15.5. The molecule has 0 radical (unpaired) electrons. The second-order valence-electron chi connectivity index (χ2n) is 5.60. The van der Waals surface area contributed by atoms with Crippen LogP contribution in [0, 0.1) is 6.92 Å². The van der Waals surface area contributed by atoms with Gasteiger partial charge in [0.15, 0.2) is 0 Å². The van der Waals surface area contributed by atoms with Crippen molar-refractivity contribution in [1.82, 2.24) is 5.32 Å². The summed E-state index contributed by atoms with van der Waals surface area (Å²) >= 11 is 0. The molecule has 1 aliphatic heterocycles. The molecule has 0 spiro atoms. The molecule has 2 unspecified atom stereocenters. The lowest BCUT2D eigenvalue weighted by molar-refractivity contribution is 0.295. The van der Waals surface area contributed by atoms with Crippen LogP contribution in [-0.4, -0.2) is 19.7 Å². The Labute approximate surface area is 128 Å². The Kier molecular flexibility index (Phi) is 4.81. The van der Waals surface area contributed by atoms with Gasteiger partial charge in [-0.2, -0.15) is 0 Å². The molecule has 1 heterocycles. The van der Waals surface area contributed by atoms with Crippen LogP contribution >= 0.6 is 0 Å². The van der Waals surface area contributed by atoms with E-state index in [0.717, 1.165) is 24.1 Å². The Morgan fingerprint density at radius 2 is 2.05 bits per heavy atom. The smallest absolute Gasteiger partial charge is 0.137 e. The number of likely N-dealkylation sites (N-methyl/N-ethyl adjacent to an activating group) is 1. The fourth-order valence-electron chi connectivity index (χ4n) is 2.77. The largest absolute Gasteiger partial charge is 0.354 e. The molecule has 0 bridgehead atoms. The molecular formula is C19H25NO. The molecule has 112 valence electrons. The van der Waals surface area contributed by atoms with Gasteiger partial charge in [0, 0.05) is 6.54 Å². The molecule has 2 rings (SSSR count). The number of ether oxygens (including phenoxy) is 1. The Balaban J connectivity index is 2.34. The fourth-order valence-corrected chi connectivity index (χ4v) is 2.77. The van der Waals surface area contributed by atoms with Crippen molar-refractivity contribution in [2.24, 2.45) is 0 Å². The van der Waals surface area contributed by atoms with E-state index in [-0.39, 0.29) is 11.7 Å². The molecule has 0 saturated carbocycles. The van der Waals surface area contributed by atoms with Crippen molar-refractivity contribution in [2.75, 3.05) is 13.6 Å². The van der Waals surface area contributed by atoms with Crippen molar-refractivity contribution >= 4 is 0 Å². The van der Waals surface area contributed by atoms with Gasteiger partial charge in [-0.15, -0.1) is 0 Å². The summed E-state index contributed by atoms with van der Waals surface area (Å²) in [4.78, 5) is 0. The van der Waals surface area contributed by atoms with E-state index in [1.807, 2.05) is 19.2 Å². The minimum Gasteiger partial charge on any atom is -0.354 e. The molecule has 21 heavy (non-hydrogen) atoms. The second-order valence-corrected chi connectivity index (χ2v) is 5.60. The third kappa shape index (κ3) is 3.02. The number of rotatable bonds is 7. The van der Waals surface area contributed by atoms with Crippen LogP contribution in [0.3, 0.4) is 0 Å². The fraction of sp³-hybridized carbons (Fsp3) is 0.368. The van der Waals surface area contributed by atoms with E-state index in [9.17, 15) is 0 Å². The Bertz CT molecular complexity index is 555. The predicted molar refractivity (Wildman–Crippen MR) is 89.4 cm³/mol. The summed E-state index contributed by atoms with van der Waals surface area (Å²) in [7, 11) is 1.96. The first-order chi connectivity index (χ1) is 10.1. The molecule has 1 aromatic rings. The van der Waals surface area contributed by atoms with E-state index in [2.05, 4.69) is 56.6 Å². The maximum Gasteiger partial charge on any atom is 0.137 e. The van der Waals surface area contributed by atoms with E-state index in [0.29, 0.717) is 0 Å². The first kappa shape index (κ1) is 15.7. The van der Waals surface area contributed by atoms with Gasteiger partial charge in [0.2, 0.25) is 0 Å². The lowest BCUT2D eigenvalue weighted by Gasteiger charge is -2.15. The number of hydrogen-bond donors (Lipinski definition) is 1. The molecule has 1 aliphatic rings. The van der Waals surface area contributed by atoms with Gasteiger partial charge in [-0.1, -0.05) is 62.1 Å². The summed E-state index contributed by atoms with van der Waals surface area (Å²) in [5.41, 5.74) is 4.46. The Hall–Kier alpha value is -1.64. The summed E-state index contributed by atoms with van der Waals surface area (Å²) in [6, 6.07) is 8.59. The summed E-state index contributed by atoms with van der Waals surface area (Å²) in [5.74, 6) is 0. The van der Waals surface area contributed by atoms with Gasteiger partial charge >= 0.3 is 0 Å². The zero-order valence-corrected chi connectivity index (χ0v) is 13.3. The Morgan fingerprint density at radius 1 is 1.38 bits per heavy atom. The summed E-state index contributed by atoms with van der Waals surface area (Å²) < 4.78 is 6.17. The van der Waals surface area contributed by atoms with Gasteiger partial charge < -0.3 is 10.1 Å². The third-order valence-corrected chi connectivity index (χ3v) is 4.09. The van der Waals surface area contributed by atoms with Crippen molar-refractivity contribution in [3.05, 3.63) is 71.8 Å². The van der Waals surface area contributed by atoms with E-state index < -0.39 is 0 Å². The van der Waals surface area contributed by atoms with Gasteiger partial charge in [-0.25, -0.2) is 0 Å². The van der Waals surface area contributed by atoms with Crippen molar-refractivity contribution in [3.63, 3.8) is 0 Å². The van der Waals surface area contributed by atoms with Crippen molar-refractivity contribution < 1.29 is 4.74 Å². The first-order valence-corrected chi connectivity index (χ1v) is 7.49. The highest BCUT2D eigenvalue weighted by Gasteiger charge is 2.58. The first-order valence-electron chi connectivity index (χ1n) is 7.49. The highest BCUT2D eigenvalue weighted by atomic mass is 16.6. The number of benzene rings is 1. The molecular weight excluding hydrogens is 258 g/mol. The molecule has 2 nitrogen and oxygen atoms in total. The molecule has 0 amide bonds. The van der Waals surface area contributed by atoms with Gasteiger partial charge in [0.1, 0.15) is 11.7 Å². The van der Waals surface area contributed by atoms with Crippen molar-refractivity contribution in [3.8, 4) is 0 Å². The molecule has 1 aromatic carbocycles. The lowest BCUT2D eigenvalue weighted by atomic mass is 9.88. The highest BCUT2D eigenvalue weighted by molar-refractivity contribution is 5.45. The van der Waals surface area contributed by atoms with Crippen LogP contribution in [0.5, 0.6) is 0 Å². The number of allylic oxidation sites excluding steroid dienone is 2. The van der Waals surface area contributed by atoms with E-state index in [1.165, 1.54) is 11.1 Å². The molecule has 1 fully saturated rings. The number of epoxide rings is 1. The molecule has 1 saturated heterocycles. The summed E-state index contributed by atoms with van der Waals surface area (Å²) in [6.07, 6.45) is 4.82. The lowest BCUT2D eigenvalue weighted by Crippen LogP contribution is -2.28. The molecule has 0 aromatic heterocycles. The normalized spacial score (nSPS) is 24.7. The monoisotopic (exact) mass is 283 g/mol. The van der Waals surface area contributed by atoms with Crippen LogP contribution in [0.4, 0.5) is 0 Å². The summed E-state index contributed by atoms with van der Waals surface area (Å²) in [6.45, 7) is 13.0. The SMILES string of the molecule is C=C/C=C(\C(=C)CC)C1OC1(CNC)c1ccc(C)cc1. The average molecular weight is 283 g/mol. The molecule has 2 atom stereocenters. The molecule has 2 heteroatoms. The number of nitrogens with one attached hydrogen (secondary N) is 1. The molecule has 0 aliphatic carbocycles.